The summed E-state index contributed by atoms with van der Waals surface area (Å²) >= 11 is 1.39. The van der Waals surface area contributed by atoms with E-state index in [1.807, 2.05) is 5.38 Å². The van der Waals surface area contributed by atoms with Gasteiger partial charge in [0.1, 0.15) is 0 Å². The second-order valence-electron chi connectivity index (χ2n) is 5.62. The van der Waals surface area contributed by atoms with Crippen LogP contribution in [0.4, 0.5) is 5.13 Å². The number of sulfonamides is 1. The SMILES string of the molecule is CN(C)S(=O)(=O)c1cccc(C(=O)Nc2nc(C3CC3)cs2)c1. The minimum Gasteiger partial charge on any atom is -0.298 e. The summed E-state index contributed by atoms with van der Waals surface area (Å²) in [5.74, 6) is 0.169. The Morgan fingerprint density at radius 1 is 1.35 bits per heavy atom. The molecule has 0 atom stereocenters. The van der Waals surface area contributed by atoms with Gasteiger partial charge in [0.05, 0.1) is 10.6 Å². The van der Waals surface area contributed by atoms with Gasteiger partial charge in [0, 0.05) is 31.0 Å². The number of anilines is 1. The van der Waals surface area contributed by atoms with Crippen LogP contribution in [0.5, 0.6) is 0 Å². The lowest BCUT2D eigenvalue weighted by Crippen LogP contribution is -2.22. The fourth-order valence-corrected chi connectivity index (χ4v) is 3.82. The van der Waals surface area contributed by atoms with Crippen molar-refractivity contribution in [2.24, 2.45) is 0 Å². The van der Waals surface area contributed by atoms with Crippen LogP contribution in [0.2, 0.25) is 0 Å². The van der Waals surface area contributed by atoms with E-state index < -0.39 is 10.0 Å². The molecule has 1 aromatic carbocycles. The van der Waals surface area contributed by atoms with Gasteiger partial charge in [-0.1, -0.05) is 6.07 Å². The van der Waals surface area contributed by atoms with Crippen LogP contribution < -0.4 is 5.32 Å². The highest BCUT2D eigenvalue weighted by molar-refractivity contribution is 7.89. The largest absolute Gasteiger partial charge is 0.298 e. The number of benzene rings is 1. The first-order valence-corrected chi connectivity index (χ1v) is 9.49. The summed E-state index contributed by atoms with van der Waals surface area (Å²) in [6, 6.07) is 5.99. The van der Waals surface area contributed by atoms with Crippen molar-refractivity contribution in [2.75, 3.05) is 19.4 Å². The van der Waals surface area contributed by atoms with Crippen LogP contribution >= 0.6 is 11.3 Å². The average molecular weight is 351 g/mol. The zero-order chi connectivity index (χ0) is 16.6. The van der Waals surface area contributed by atoms with Gasteiger partial charge in [-0.25, -0.2) is 17.7 Å². The van der Waals surface area contributed by atoms with Gasteiger partial charge in [-0.2, -0.15) is 0 Å². The maximum atomic E-state index is 12.3. The normalized spacial score (nSPS) is 14.9. The molecule has 23 heavy (non-hydrogen) atoms. The summed E-state index contributed by atoms with van der Waals surface area (Å²) in [4.78, 5) is 16.8. The van der Waals surface area contributed by atoms with Crippen molar-refractivity contribution in [3.8, 4) is 0 Å². The standard InChI is InChI=1S/C15H17N3O3S2/c1-18(2)23(20,21)12-5-3-4-11(8-12)14(19)17-15-16-13(9-22-15)10-6-7-10/h3-5,8-10H,6-7H2,1-2H3,(H,16,17,19). The van der Waals surface area contributed by atoms with E-state index in [-0.39, 0.29) is 16.4 Å². The monoisotopic (exact) mass is 351 g/mol. The number of amides is 1. The third-order valence-electron chi connectivity index (χ3n) is 3.61. The van der Waals surface area contributed by atoms with Crippen molar-refractivity contribution in [2.45, 2.75) is 23.7 Å². The lowest BCUT2D eigenvalue weighted by molar-refractivity contribution is 0.102. The van der Waals surface area contributed by atoms with Crippen LogP contribution in [0.15, 0.2) is 34.5 Å². The van der Waals surface area contributed by atoms with Crippen molar-refractivity contribution >= 4 is 32.4 Å². The first kappa shape index (κ1) is 16.1. The van der Waals surface area contributed by atoms with E-state index in [2.05, 4.69) is 10.3 Å². The van der Waals surface area contributed by atoms with Gasteiger partial charge in [-0.3, -0.25) is 10.1 Å². The molecular formula is C15H17N3O3S2. The van der Waals surface area contributed by atoms with E-state index in [0.717, 1.165) is 22.8 Å². The molecule has 1 N–H and O–H groups in total. The van der Waals surface area contributed by atoms with Crippen LogP contribution in [0.3, 0.4) is 0 Å². The Morgan fingerprint density at radius 3 is 2.74 bits per heavy atom. The molecule has 1 aliphatic carbocycles. The summed E-state index contributed by atoms with van der Waals surface area (Å²) in [5, 5.41) is 5.23. The smallest absolute Gasteiger partial charge is 0.257 e. The Labute approximate surface area is 139 Å². The number of thiazole rings is 1. The number of hydrogen-bond donors (Lipinski definition) is 1. The number of carbonyl (C=O) groups excluding carboxylic acids is 1. The number of rotatable bonds is 5. The highest BCUT2D eigenvalue weighted by atomic mass is 32.2. The highest BCUT2D eigenvalue weighted by Crippen LogP contribution is 2.40. The second-order valence-corrected chi connectivity index (χ2v) is 8.63. The summed E-state index contributed by atoms with van der Waals surface area (Å²) in [6.07, 6.45) is 2.31. The molecule has 0 radical (unpaired) electrons. The fraction of sp³-hybridized carbons (Fsp3) is 0.333. The zero-order valence-corrected chi connectivity index (χ0v) is 14.4. The number of nitrogens with zero attached hydrogens (tertiary/aromatic N) is 2. The van der Waals surface area contributed by atoms with Crippen LogP contribution in [-0.4, -0.2) is 37.7 Å². The van der Waals surface area contributed by atoms with Crippen molar-refractivity contribution in [1.82, 2.24) is 9.29 Å². The molecule has 3 rings (SSSR count). The van der Waals surface area contributed by atoms with Crippen LogP contribution in [0.25, 0.3) is 0 Å². The minimum atomic E-state index is -3.56. The molecule has 6 nitrogen and oxygen atoms in total. The molecule has 1 saturated carbocycles. The molecule has 122 valence electrons. The maximum absolute atomic E-state index is 12.3. The van der Waals surface area contributed by atoms with Crippen molar-refractivity contribution < 1.29 is 13.2 Å². The molecular weight excluding hydrogens is 334 g/mol. The predicted molar refractivity (Wildman–Crippen MR) is 89.4 cm³/mol. The molecule has 0 aliphatic heterocycles. The fourth-order valence-electron chi connectivity index (χ4n) is 2.09. The van der Waals surface area contributed by atoms with Crippen LogP contribution in [-0.2, 0) is 10.0 Å². The molecule has 1 amide bonds. The second kappa shape index (κ2) is 6.03. The Hall–Kier alpha value is -1.77. The molecule has 0 unspecified atom stereocenters. The van der Waals surface area contributed by atoms with Gasteiger partial charge in [0.25, 0.3) is 5.91 Å². The molecule has 1 fully saturated rings. The van der Waals surface area contributed by atoms with Gasteiger partial charge < -0.3 is 0 Å². The van der Waals surface area contributed by atoms with E-state index in [4.69, 9.17) is 0 Å². The van der Waals surface area contributed by atoms with E-state index in [1.165, 1.54) is 37.6 Å². The topological polar surface area (TPSA) is 79.4 Å². The van der Waals surface area contributed by atoms with Crippen molar-refractivity contribution in [3.05, 3.63) is 40.9 Å². The summed E-state index contributed by atoms with van der Waals surface area (Å²) in [7, 11) is -0.653. The number of nitrogens with one attached hydrogen (secondary N) is 1. The minimum absolute atomic E-state index is 0.0907. The number of carbonyl (C=O) groups is 1. The molecule has 1 heterocycles. The molecule has 0 saturated heterocycles. The van der Waals surface area contributed by atoms with Crippen molar-refractivity contribution in [1.29, 1.82) is 0 Å². The van der Waals surface area contributed by atoms with Gasteiger partial charge in [-0.05, 0) is 31.0 Å². The van der Waals surface area contributed by atoms with E-state index in [1.54, 1.807) is 12.1 Å². The van der Waals surface area contributed by atoms with E-state index >= 15 is 0 Å². The molecule has 0 bridgehead atoms. The summed E-state index contributed by atoms with van der Waals surface area (Å²) in [5.41, 5.74) is 1.31. The number of aromatic nitrogens is 1. The third kappa shape index (κ3) is 3.44. The Morgan fingerprint density at radius 2 is 2.09 bits per heavy atom. The Kier molecular flexibility index (Phi) is 4.22. The summed E-state index contributed by atoms with van der Waals surface area (Å²) in [6.45, 7) is 0. The molecule has 2 aromatic rings. The highest BCUT2D eigenvalue weighted by Gasteiger charge is 2.26. The quantitative estimate of drug-likeness (QED) is 0.898. The van der Waals surface area contributed by atoms with Gasteiger partial charge in [-0.15, -0.1) is 11.3 Å². The van der Waals surface area contributed by atoms with Crippen LogP contribution in [0.1, 0.15) is 34.8 Å². The van der Waals surface area contributed by atoms with E-state index in [0.29, 0.717) is 11.0 Å². The van der Waals surface area contributed by atoms with E-state index in [9.17, 15) is 13.2 Å². The lowest BCUT2D eigenvalue weighted by atomic mass is 10.2. The first-order chi connectivity index (χ1) is 10.9. The molecule has 0 spiro atoms. The van der Waals surface area contributed by atoms with Crippen molar-refractivity contribution in [3.63, 3.8) is 0 Å². The average Bonchev–Trinajstić information content (AvgIpc) is 3.27. The van der Waals surface area contributed by atoms with Gasteiger partial charge in [0.2, 0.25) is 10.0 Å². The summed E-state index contributed by atoms with van der Waals surface area (Å²) < 4.78 is 25.4. The predicted octanol–water partition coefficient (Wildman–Crippen LogP) is 2.52. The lowest BCUT2D eigenvalue weighted by Gasteiger charge is -2.12. The van der Waals surface area contributed by atoms with Gasteiger partial charge in [0.15, 0.2) is 5.13 Å². The Balaban J connectivity index is 1.79. The molecule has 1 aliphatic rings. The molecule has 1 aromatic heterocycles. The number of hydrogen-bond acceptors (Lipinski definition) is 5. The first-order valence-electron chi connectivity index (χ1n) is 7.17. The van der Waals surface area contributed by atoms with Gasteiger partial charge >= 0.3 is 0 Å². The zero-order valence-electron chi connectivity index (χ0n) is 12.8. The third-order valence-corrected chi connectivity index (χ3v) is 6.20. The molecule has 8 heteroatoms. The Bertz CT molecular complexity index is 839. The van der Waals surface area contributed by atoms with Crippen LogP contribution in [0, 0.1) is 0 Å². The maximum Gasteiger partial charge on any atom is 0.257 e.